The van der Waals surface area contributed by atoms with Crippen molar-refractivity contribution in [1.29, 1.82) is 0 Å². The molecule has 0 spiro atoms. The minimum atomic E-state index is 0.534. The molecule has 104 valence electrons. The van der Waals surface area contributed by atoms with E-state index in [0.717, 1.165) is 34.1 Å². The lowest BCUT2D eigenvalue weighted by atomic mass is 10.1. The molecule has 4 heteroatoms. The maximum Gasteiger partial charge on any atom is 0.119 e. The first-order valence-electron chi connectivity index (χ1n) is 6.84. The molecule has 0 saturated carbocycles. The lowest BCUT2D eigenvalue weighted by Gasteiger charge is -2.10. The third kappa shape index (κ3) is 2.67. The fraction of sp³-hybridized carbons (Fsp3) is 0.312. The quantitative estimate of drug-likeness (QED) is 0.937. The molecule has 1 heterocycles. The summed E-state index contributed by atoms with van der Waals surface area (Å²) >= 11 is 1.66. The fourth-order valence-electron chi connectivity index (χ4n) is 2.51. The predicted molar refractivity (Wildman–Crippen MR) is 81.3 cm³/mol. The number of hydrogen-bond donors (Lipinski definition) is 1. The number of rotatable bonds is 4. The number of hydrogen-bond acceptors (Lipinski definition) is 4. The Morgan fingerprint density at radius 1 is 1.30 bits per heavy atom. The zero-order chi connectivity index (χ0) is 13.9. The number of methoxy groups -OCH3 is 1. The van der Waals surface area contributed by atoms with E-state index >= 15 is 0 Å². The van der Waals surface area contributed by atoms with Crippen molar-refractivity contribution in [2.45, 2.75) is 35.7 Å². The summed E-state index contributed by atoms with van der Waals surface area (Å²) in [6, 6.07) is 10.3. The molecular formula is C16H18N2OS. The van der Waals surface area contributed by atoms with E-state index in [-0.39, 0.29) is 0 Å². The maximum atomic E-state index is 5.88. The first-order valence-corrected chi connectivity index (χ1v) is 7.65. The number of nitrogens with two attached hydrogens (primary N) is 1. The summed E-state index contributed by atoms with van der Waals surface area (Å²) in [5.74, 6) is 0.866. The van der Waals surface area contributed by atoms with Crippen molar-refractivity contribution in [2.75, 3.05) is 7.11 Å². The second kappa shape index (κ2) is 5.85. The van der Waals surface area contributed by atoms with Crippen LogP contribution in [0, 0.1) is 0 Å². The van der Waals surface area contributed by atoms with Gasteiger partial charge in [-0.15, -0.1) is 0 Å². The Hall–Kier alpha value is -1.52. The van der Waals surface area contributed by atoms with Crippen molar-refractivity contribution < 1.29 is 4.74 Å². The first kappa shape index (κ1) is 13.5. The van der Waals surface area contributed by atoms with Crippen molar-refractivity contribution in [3.8, 4) is 5.75 Å². The van der Waals surface area contributed by atoms with Gasteiger partial charge in [0.1, 0.15) is 10.8 Å². The highest BCUT2D eigenvalue weighted by Gasteiger charge is 2.16. The van der Waals surface area contributed by atoms with Crippen molar-refractivity contribution in [3.05, 3.63) is 47.2 Å². The smallest absolute Gasteiger partial charge is 0.119 e. The SMILES string of the molecule is COc1cccc(Sc2nc3c(cc2CN)CCC3)c1. The second-order valence-corrected chi connectivity index (χ2v) is 5.96. The van der Waals surface area contributed by atoms with Gasteiger partial charge in [0.2, 0.25) is 0 Å². The van der Waals surface area contributed by atoms with Crippen LogP contribution in [0.15, 0.2) is 40.3 Å². The monoisotopic (exact) mass is 286 g/mol. The summed E-state index contributed by atoms with van der Waals surface area (Å²) in [6.45, 7) is 0.534. The summed E-state index contributed by atoms with van der Waals surface area (Å²) in [4.78, 5) is 5.95. The number of aryl methyl sites for hydroxylation is 2. The third-order valence-corrected chi connectivity index (χ3v) is 4.60. The summed E-state index contributed by atoms with van der Waals surface area (Å²) in [5.41, 5.74) is 9.63. The molecule has 0 radical (unpaired) electrons. The molecule has 0 amide bonds. The molecule has 20 heavy (non-hydrogen) atoms. The van der Waals surface area contributed by atoms with Crippen LogP contribution in [0.2, 0.25) is 0 Å². The van der Waals surface area contributed by atoms with Crippen LogP contribution in [0.5, 0.6) is 5.75 Å². The van der Waals surface area contributed by atoms with Gasteiger partial charge in [0.25, 0.3) is 0 Å². The molecule has 3 rings (SSSR count). The van der Waals surface area contributed by atoms with E-state index in [4.69, 9.17) is 15.5 Å². The highest BCUT2D eigenvalue weighted by atomic mass is 32.2. The Kier molecular flexibility index (Phi) is 3.94. The number of benzene rings is 1. The van der Waals surface area contributed by atoms with Gasteiger partial charge in [-0.05, 0) is 48.6 Å². The van der Waals surface area contributed by atoms with E-state index in [9.17, 15) is 0 Å². The van der Waals surface area contributed by atoms with Gasteiger partial charge in [0.05, 0.1) is 7.11 Å². The van der Waals surface area contributed by atoms with Gasteiger partial charge in [0.15, 0.2) is 0 Å². The standard InChI is InChI=1S/C16H18N2OS/c1-19-13-5-3-6-14(9-13)20-16-12(10-17)8-11-4-2-7-15(11)18-16/h3,5-6,8-9H,2,4,7,10,17H2,1H3. The molecule has 0 bridgehead atoms. The largest absolute Gasteiger partial charge is 0.497 e. The van der Waals surface area contributed by atoms with Gasteiger partial charge >= 0.3 is 0 Å². The van der Waals surface area contributed by atoms with Crippen LogP contribution in [0.25, 0.3) is 0 Å². The van der Waals surface area contributed by atoms with E-state index in [1.165, 1.54) is 17.7 Å². The summed E-state index contributed by atoms with van der Waals surface area (Å²) in [7, 11) is 1.68. The first-order chi connectivity index (χ1) is 9.80. The topological polar surface area (TPSA) is 48.1 Å². The minimum Gasteiger partial charge on any atom is -0.497 e. The van der Waals surface area contributed by atoms with E-state index in [0.29, 0.717) is 6.54 Å². The van der Waals surface area contributed by atoms with E-state index in [2.05, 4.69) is 12.1 Å². The molecule has 0 saturated heterocycles. The lowest BCUT2D eigenvalue weighted by molar-refractivity contribution is 0.413. The highest BCUT2D eigenvalue weighted by molar-refractivity contribution is 7.99. The van der Waals surface area contributed by atoms with Gasteiger partial charge in [-0.1, -0.05) is 23.9 Å². The van der Waals surface area contributed by atoms with Crippen molar-refractivity contribution in [3.63, 3.8) is 0 Å². The normalized spacial score (nSPS) is 13.3. The average molecular weight is 286 g/mol. The lowest BCUT2D eigenvalue weighted by Crippen LogP contribution is -2.03. The van der Waals surface area contributed by atoms with Gasteiger partial charge in [-0.3, -0.25) is 0 Å². The van der Waals surface area contributed by atoms with Crippen LogP contribution >= 0.6 is 11.8 Å². The van der Waals surface area contributed by atoms with E-state index in [1.807, 2.05) is 18.2 Å². The van der Waals surface area contributed by atoms with Gasteiger partial charge in [-0.2, -0.15) is 0 Å². The van der Waals surface area contributed by atoms with Crippen LogP contribution < -0.4 is 10.5 Å². The molecular weight excluding hydrogens is 268 g/mol. The minimum absolute atomic E-state index is 0.534. The predicted octanol–water partition coefficient (Wildman–Crippen LogP) is 3.19. The molecule has 1 aromatic heterocycles. The highest BCUT2D eigenvalue weighted by Crippen LogP contribution is 2.33. The van der Waals surface area contributed by atoms with E-state index < -0.39 is 0 Å². The Labute approximate surface area is 123 Å². The summed E-state index contributed by atoms with van der Waals surface area (Å²) in [5, 5.41) is 1.03. The van der Waals surface area contributed by atoms with Crippen LogP contribution in [-0.4, -0.2) is 12.1 Å². The zero-order valence-corrected chi connectivity index (χ0v) is 12.4. The summed E-state index contributed by atoms with van der Waals surface area (Å²) in [6.07, 6.45) is 3.44. The fourth-order valence-corrected chi connectivity index (χ4v) is 3.49. The Morgan fingerprint density at radius 3 is 3.00 bits per heavy atom. The van der Waals surface area contributed by atoms with Crippen molar-refractivity contribution in [2.24, 2.45) is 5.73 Å². The Morgan fingerprint density at radius 2 is 2.20 bits per heavy atom. The molecule has 0 aliphatic heterocycles. The van der Waals surface area contributed by atoms with Gasteiger partial charge < -0.3 is 10.5 Å². The molecule has 2 N–H and O–H groups in total. The van der Waals surface area contributed by atoms with Gasteiger partial charge in [-0.25, -0.2) is 4.98 Å². The van der Waals surface area contributed by atoms with Crippen molar-refractivity contribution >= 4 is 11.8 Å². The number of ether oxygens (including phenoxy) is 1. The molecule has 1 aromatic carbocycles. The number of nitrogens with zero attached hydrogens (tertiary/aromatic N) is 1. The second-order valence-electron chi connectivity index (χ2n) is 4.90. The van der Waals surface area contributed by atoms with Crippen LogP contribution in [0.4, 0.5) is 0 Å². The summed E-state index contributed by atoms with van der Waals surface area (Å²) < 4.78 is 5.26. The Bertz CT molecular complexity index is 628. The van der Waals surface area contributed by atoms with Crippen LogP contribution in [0.1, 0.15) is 23.2 Å². The maximum absolute atomic E-state index is 5.88. The zero-order valence-electron chi connectivity index (χ0n) is 11.6. The average Bonchev–Trinajstić information content (AvgIpc) is 2.93. The molecule has 0 unspecified atom stereocenters. The van der Waals surface area contributed by atoms with Crippen molar-refractivity contribution in [1.82, 2.24) is 4.98 Å². The number of fused-ring (bicyclic) bond motifs is 1. The molecule has 3 nitrogen and oxygen atoms in total. The molecule has 2 aromatic rings. The molecule has 1 aliphatic carbocycles. The van der Waals surface area contributed by atoms with Gasteiger partial charge in [0, 0.05) is 17.1 Å². The number of aromatic nitrogens is 1. The molecule has 1 aliphatic rings. The van der Waals surface area contributed by atoms with Crippen LogP contribution in [0.3, 0.4) is 0 Å². The Balaban J connectivity index is 1.93. The molecule has 0 atom stereocenters. The molecule has 0 fully saturated rings. The van der Waals surface area contributed by atoms with Crippen LogP contribution in [-0.2, 0) is 19.4 Å². The number of pyridine rings is 1. The third-order valence-electron chi connectivity index (χ3n) is 3.57. The van der Waals surface area contributed by atoms with E-state index in [1.54, 1.807) is 18.9 Å².